The fourth-order valence-corrected chi connectivity index (χ4v) is 3.95. The third kappa shape index (κ3) is 3.75. The van der Waals surface area contributed by atoms with Crippen molar-refractivity contribution in [3.8, 4) is 0 Å². The lowest BCUT2D eigenvalue weighted by molar-refractivity contribution is 0.00578. The van der Waals surface area contributed by atoms with Crippen LogP contribution in [-0.4, -0.2) is 39.6 Å². The van der Waals surface area contributed by atoms with E-state index >= 15 is 0 Å². The zero-order valence-corrected chi connectivity index (χ0v) is 19.7. The third-order valence-corrected chi connectivity index (χ3v) is 6.28. The zero-order chi connectivity index (χ0) is 21.4. The van der Waals surface area contributed by atoms with Crippen molar-refractivity contribution in [2.75, 3.05) is 0 Å². The summed E-state index contributed by atoms with van der Waals surface area (Å²) in [5, 5.41) is 0.901. The quantitative estimate of drug-likeness (QED) is 0.475. The highest BCUT2D eigenvalue weighted by atomic mass is 79.9. The van der Waals surface area contributed by atoms with Gasteiger partial charge >= 0.3 is 13.2 Å². The average molecular weight is 463 g/mol. The summed E-state index contributed by atoms with van der Waals surface area (Å²) < 4.78 is 20.6. The number of carbonyl (C=O) groups is 1. The second-order valence-corrected chi connectivity index (χ2v) is 10.8. The van der Waals surface area contributed by atoms with Crippen molar-refractivity contribution < 1.29 is 18.8 Å². The summed E-state index contributed by atoms with van der Waals surface area (Å²) >= 11 is 3.54. The summed E-state index contributed by atoms with van der Waals surface area (Å²) in [6, 6.07) is 1.93. The molecular formula is C21H28BBrN2O4. The molecule has 0 radical (unpaired) electrons. The van der Waals surface area contributed by atoms with Crippen LogP contribution in [-0.2, 0) is 14.0 Å². The number of fused-ring (bicyclic) bond motifs is 1. The Hall–Kier alpha value is -1.38. The van der Waals surface area contributed by atoms with Gasteiger partial charge < -0.3 is 14.0 Å². The number of halogens is 1. The van der Waals surface area contributed by atoms with Gasteiger partial charge in [0.2, 0.25) is 0 Å². The summed E-state index contributed by atoms with van der Waals surface area (Å²) in [6.07, 6.45) is 3.52. The van der Waals surface area contributed by atoms with Crippen LogP contribution in [0.5, 0.6) is 0 Å². The van der Waals surface area contributed by atoms with E-state index in [2.05, 4.69) is 15.9 Å². The van der Waals surface area contributed by atoms with E-state index in [1.807, 2.05) is 54.5 Å². The van der Waals surface area contributed by atoms with E-state index in [0.29, 0.717) is 5.92 Å². The van der Waals surface area contributed by atoms with Crippen molar-refractivity contribution in [3.63, 3.8) is 0 Å². The molecule has 1 aliphatic heterocycles. The van der Waals surface area contributed by atoms with Gasteiger partial charge in [-0.15, -0.1) is 0 Å². The fraction of sp³-hybridized carbons (Fsp3) is 0.619. The molecule has 4 rings (SSSR count). The van der Waals surface area contributed by atoms with Crippen LogP contribution in [0.1, 0.15) is 72.9 Å². The molecule has 0 N–H and O–H groups in total. The monoisotopic (exact) mass is 462 g/mol. The Morgan fingerprint density at radius 2 is 1.83 bits per heavy atom. The molecule has 8 heteroatoms. The largest absolute Gasteiger partial charge is 0.497 e. The van der Waals surface area contributed by atoms with E-state index in [-0.39, 0.29) is 0 Å². The number of hydrogen-bond donors (Lipinski definition) is 0. The Kier molecular flexibility index (Phi) is 4.72. The summed E-state index contributed by atoms with van der Waals surface area (Å²) in [5.41, 5.74) is 0.983. The first kappa shape index (κ1) is 20.9. The molecule has 3 heterocycles. The van der Waals surface area contributed by atoms with E-state index in [9.17, 15) is 4.79 Å². The molecule has 2 fully saturated rings. The minimum Gasteiger partial charge on any atom is -0.443 e. The molecule has 29 heavy (non-hydrogen) atoms. The van der Waals surface area contributed by atoms with Gasteiger partial charge in [0, 0.05) is 23.0 Å². The van der Waals surface area contributed by atoms with E-state index in [1.54, 1.807) is 10.8 Å². The zero-order valence-electron chi connectivity index (χ0n) is 18.1. The molecule has 1 saturated carbocycles. The van der Waals surface area contributed by atoms with Gasteiger partial charge in [0.15, 0.2) is 0 Å². The lowest BCUT2D eigenvalue weighted by Crippen LogP contribution is -2.41. The normalized spacial score (nSPS) is 21.0. The first-order valence-electron chi connectivity index (χ1n) is 10.1. The van der Waals surface area contributed by atoms with E-state index in [4.69, 9.17) is 19.0 Å². The maximum atomic E-state index is 13.1. The number of nitrogens with zero attached hydrogens (tertiary/aromatic N) is 2. The van der Waals surface area contributed by atoms with Gasteiger partial charge in [0.1, 0.15) is 10.2 Å². The van der Waals surface area contributed by atoms with Gasteiger partial charge in [-0.2, -0.15) is 0 Å². The van der Waals surface area contributed by atoms with E-state index < -0.39 is 30.0 Å². The van der Waals surface area contributed by atoms with E-state index in [0.717, 1.165) is 39.5 Å². The molecule has 1 aliphatic carbocycles. The first-order chi connectivity index (χ1) is 13.3. The minimum absolute atomic E-state index is 0.359. The SMILES string of the molecule is CC(C)(C)OC(=O)n1cc(B2OC(C)(C)C(C)(C)O2)c2cc(Br)nc(C3CC3)c21. The standard InChI is InChI=1S/C21H28BBrN2O4/c1-19(2,3)27-18(26)25-11-14(22-28-20(4,5)21(6,7)29-22)13-10-15(23)24-16(17(13)25)12-8-9-12/h10-12H,8-9H2,1-7H3. The number of hydrogen-bond acceptors (Lipinski definition) is 5. The van der Waals surface area contributed by atoms with Crippen LogP contribution in [0.3, 0.4) is 0 Å². The molecule has 2 aromatic heterocycles. The van der Waals surface area contributed by atoms with Gasteiger partial charge in [-0.05, 0) is 83.3 Å². The summed E-state index contributed by atoms with van der Waals surface area (Å²) in [5.74, 6) is 0.359. The predicted molar refractivity (Wildman–Crippen MR) is 117 cm³/mol. The van der Waals surface area contributed by atoms with Gasteiger partial charge in [0.05, 0.1) is 22.4 Å². The molecule has 0 amide bonds. The molecule has 0 aromatic carbocycles. The molecule has 156 valence electrons. The van der Waals surface area contributed by atoms with Gasteiger partial charge in [-0.25, -0.2) is 9.78 Å². The van der Waals surface area contributed by atoms with Crippen LogP contribution >= 0.6 is 15.9 Å². The Balaban J connectivity index is 1.89. The van der Waals surface area contributed by atoms with Gasteiger partial charge in [-0.1, -0.05) is 0 Å². The molecule has 0 bridgehead atoms. The summed E-state index contributed by atoms with van der Waals surface area (Å²) in [7, 11) is -0.576. The number of rotatable bonds is 2. The minimum atomic E-state index is -0.597. The molecule has 2 aliphatic rings. The van der Waals surface area contributed by atoms with Crippen molar-refractivity contribution in [1.82, 2.24) is 9.55 Å². The van der Waals surface area contributed by atoms with Crippen molar-refractivity contribution >= 4 is 45.5 Å². The predicted octanol–water partition coefficient (Wildman–Crippen LogP) is 4.76. The first-order valence-corrected chi connectivity index (χ1v) is 10.9. The lowest BCUT2D eigenvalue weighted by Gasteiger charge is -2.32. The maximum absolute atomic E-state index is 13.1. The van der Waals surface area contributed by atoms with Crippen LogP contribution in [0.15, 0.2) is 16.9 Å². The number of aromatic nitrogens is 2. The maximum Gasteiger partial charge on any atom is 0.497 e. The highest BCUT2D eigenvalue weighted by Crippen LogP contribution is 2.43. The molecule has 2 aromatic rings. The Morgan fingerprint density at radius 1 is 1.24 bits per heavy atom. The van der Waals surface area contributed by atoms with Crippen molar-refractivity contribution in [1.29, 1.82) is 0 Å². The third-order valence-electron chi connectivity index (χ3n) is 5.87. The van der Waals surface area contributed by atoms with Crippen LogP contribution in [0.4, 0.5) is 4.79 Å². The van der Waals surface area contributed by atoms with Gasteiger partial charge in [-0.3, -0.25) is 4.57 Å². The topological polar surface area (TPSA) is 62.6 Å². The lowest BCUT2D eigenvalue weighted by atomic mass is 9.79. The Labute approximate surface area is 180 Å². The highest BCUT2D eigenvalue weighted by Gasteiger charge is 2.52. The number of pyridine rings is 1. The highest BCUT2D eigenvalue weighted by molar-refractivity contribution is 9.10. The second kappa shape index (κ2) is 6.56. The number of ether oxygens (including phenoxy) is 1. The molecule has 0 spiro atoms. The van der Waals surface area contributed by atoms with Crippen molar-refractivity contribution in [2.24, 2.45) is 0 Å². The number of carbonyl (C=O) groups excluding carboxylic acids is 1. The van der Waals surface area contributed by atoms with Crippen molar-refractivity contribution in [3.05, 3.63) is 22.6 Å². The van der Waals surface area contributed by atoms with Crippen LogP contribution in [0.2, 0.25) is 0 Å². The summed E-state index contributed by atoms with van der Waals surface area (Å²) in [6.45, 7) is 13.7. The smallest absolute Gasteiger partial charge is 0.443 e. The molecular weight excluding hydrogens is 435 g/mol. The van der Waals surface area contributed by atoms with Gasteiger partial charge in [0.25, 0.3) is 0 Å². The average Bonchev–Trinajstić information content (AvgIpc) is 3.27. The van der Waals surface area contributed by atoms with Crippen LogP contribution in [0.25, 0.3) is 10.9 Å². The Morgan fingerprint density at radius 3 is 2.34 bits per heavy atom. The second-order valence-electron chi connectivity index (χ2n) is 10.0. The molecule has 6 nitrogen and oxygen atoms in total. The fourth-order valence-electron chi connectivity index (χ4n) is 3.53. The van der Waals surface area contributed by atoms with E-state index in [1.165, 1.54) is 0 Å². The Bertz CT molecular complexity index is 973. The van der Waals surface area contributed by atoms with Crippen molar-refractivity contribution in [2.45, 2.75) is 84.0 Å². The molecule has 0 atom stereocenters. The summed E-state index contributed by atoms with van der Waals surface area (Å²) in [4.78, 5) is 17.8. The van der Waals surface area contributed by atoms with Crippen LogP contribution < -0.4 is 5.46 Å². The van der Waals surface area contributed by atoms with Crippen LogP contribution in [0, 0.1) is 0 Å². The molecule has 1 saturated heterocycles. The molecule has 0 unspecified atom stereocenters.